The Morgan fingerprint density at radius 3 is 2.95 bits per heavy atom. The van der Waals surface area contributed by atoms with Crippen molar-refractivity contribution < 1.29 is 9.90 Å². The third-order valence-corrected chi connectivity index (χ3v) is 5.30. The maximum absolute atomic E-state index is 11.0. The molecule has 3 rings (SSSR count). The van der Waals surface area contributed by atoms with Gasteiger partial charge in [-0.25, -0.2) is 9.78 Å². The number of carboxylic acid groups (broad SMARTS) is 1. The first-order valence-corrected chi connectivity index (χ1v) is 8.22. The zero-order valence-electron chi connectivity index (χ0n) is 11.5. The van der Waals surface area contributed by atoms with Crippen molar-refractivity contribution in [1.29, 1.82) is 0 Å². The van der Waals surface area contributed by atoms with Gasteiger partial charge in [-0.3, -0.25) is 0 Å². The number of carbonyl (C=O) groups is 1. The Morgan fingerprint density at radius 2 is 2.20 bits per heavy atom. The highest BCUT2D eigenvalue weighted by atomic mass is 32.2. The highest BCUT2D eigenvalue weighted by Gasteiger charge is 2.26. The van der Waals surface area contributed by atoms with Gasteiger partial charge in [0.1, 0.15) is 0 Å². The Labute approximate surface area is 122 Å². The molecule has 1 aliphatic rings. The lowest BCUT2D eigenvalue weighted by molar-refractivity contribution is 0.0697. The summed E-state index contributed by atoms with van der Waals surface area (Å²) in [7, 11) is 0. The smallest absolute Gasteiger partial charge is 0.335 e. The van der Waals surface area contributed by atoms with Crippen LogP contribution in [-0.2, 0) is 0 Å². The molecule has 2 atom stereocenters. The van der Waals surface area contributed by atoms with E-state index in [9.17, 15) is 4.79 Å². The van der Waals surface area contributed by atoms with E-state index in [1.54, 1.807) is 12.1 Å². The lowest BCUT2D eigenvalue weighted by Gasteiger charge is -2.31. The summed E-state index contributed by atoms with van der Waals surface area (Å²) in [4.78, 5) is 15.4. The Kier molecular flexibility index (Phi) is 3.70. The fraction of sp³-hybridized carbons (Fsp3) is 0.467. The first kappa shape index (κ1) is 13.5. The fourth-order valence-electron chi connectivity index (χ4n) is 3.10. The van der Waals surface area contributed by atoms with E-state index in [4.69, 9.17) is 5.11 Å². The standard InChI is InChI=1S/C15H18N2O2S/c1-20-14-5-3-2-4-13(14)17-9-16-11-8-10(15(18)19)6-7-12(11)17/h6-9,13-14H,2-5H2,1H3,(H,18,19). The molecule has 1 aromatic heterocycles. The molecule has 0 bridgehead atoms. The lowest BCUT2D eigenvalue weighted by Crippen LogP contribution is -2.24. The summed E-state index contributed by atoms with van der Waals surface area (Å²) in [5.74, 6) is -0.902. The Bertz CT molecular complexity index is 638. The molecule has 0 spiro atoms. The molecule has 2 unspecified atom stereocenters. The van der Waals surface area contributed by atoms with Gasteiger partial charge < -0.3 is 9.67 Å². The maximum Gasteiger partial charge on any atom is 0.335 e. The Morgan fingerprint density at radius 1 is 1.40 bits per heavy atom. The van der Waals surface area contributed by atoms with Gasteiger partial charge in [-0.15, -0.1) is 0 Å². The molecule has 0 amide bonds. The van der Waals surface area contributed by atoms with E-state index in [0.29, 0.717) is 16.9 Å². The summed E-state index contributed by atoms with van der Waals surface area (Å²) in [6, 6.07) is 5.68. The average Bonchev–Trinajstić information content (AvgIpc) is 2.89. The number of aromatic nitrogens is 2. The summed E-state index contributed by atoms with van der Waals surface area (Å²) in [5.41, 5.74) is 2.11. The molecule has 1 fully saturated rings. The topological polar surface area (TPSA) is 55.1 Å². The molecule has 1 aliphatic carbocycles. The molecule has 4 nitrogen and oxygen atoms in total. The minimum Gasteiger partial charge on any atom is -0.478 e. The second-order valence-electron chi connectivity index (χ2n) is 5.29. The van der Waals surface area contributed by atoms with Crippen LogP contribution in [0.15, 0.2) is 24.5 Å². The Hall–Kier alpha value is -1.49. The predicted molar refractivity (Wildman–Crippen MR) is 81.5 cm³/mol. The van der Waals surface area contributed by atoms with E-state index in [2.05, 4.69) is 15.8 Å². The summed E-state index contributed by atoms with van der Waals surface area (Å²) in [6.45, 7) is 0. The number of carboxylic acids is 1. The van der Waals surface area contributed by atoms with E-state index in [1.807, 2.05) is 24.2 Å². The Balaban J connectivity index is 2.01. The van der Waals surface area contributed by atoms with Crippen LogP contribution in [0.3, 0.4) is 0 Å². The largest absolute Gasteiger partial charge is 0.478 e. The molecule has 1 saturated carbocycles. The summed E-state index contributed by atoms with van der Waals surface area (Å²) < 4.78 is 2.24. The molecule has 0 radical (unpaired) electrons. The van der Waals surface area contributed by atoms with Crippen molar-refractivity contribution in [3.05, 3.63) is 30.1 Å². The number of imidazole rings is 1. The quantitative estimate of drug-likeness (QED) is 0.938. The van der Waals surface area contributed by atoms with Crippen LogP contribution in [-0.4, -0.2) is 32.1 Å². The molecular weight excluding hydrogens is 272 g/mol. The van der Waals surface area contributed by atoms with Crippen LogP contribution in [0.5, 0.6) is 0 Å². The van der Waals surface area contributed by atoms with Crippen molar-refractivity contribution in [2.24, 2.45) is 0 Å². The number of rotatable bonds is 3. The number of hydrogen-bond donors (Lipinski definition) is 1. The van der Waals surface area contributed by atoms with E-state index in [1.165, 1.54) is 25.7 Å². The van der Waals surface area contributed by atoms with Crippen molar-refractivity contribution in [2.45, 2.75) is 37.0 Å². The van der Waals surface area contributed by atoms with Crippen LogP contribution < -0.4 is 0 Å². The van der Waals surface area contributed by atoms with Crippen LogP contribution >= 0.6 is 11.8 Å². The molecule has 20 heavy (non-hydrogen) atoms. The van der Waals surface area contributed by atoms with Gasteiger partial charge in [0.15, 0.2) is 0 Å². The van der Waals surface area contributed by atoms with Crippen LogP contribution in [0.2, 0.25) is 0 Å². The van der Waals surface area contributed by atoms with Crippen LogP contribution in [0.1, 0.15) is 42.1 Å². The van der Waals surface area contributed by atoms with Crippen molar-refractivity contribution >= 4 is 28.8 Å². The molecule has 5 heteroatoms. The number of aromatic carboxylic acids is 1. The zero-order chi connectivity index (χ0) is 14.1. The number of fused-ring (bicyclic) bond motifs is 1. The van der Waals surface area contributed by atoms with Gasteiger partial charge in [0.25, 0.3) is 0 Å². The van der Waals surface area contributed by atoms with Crippen LogP contribution in [0.4, 0.5) is 0 Å². The van der Waals surface area contributed by atoms with Gasteiger partial charge >= 0.3 is 5.97 Å². The number of thioether (sulfide) groups is 1. The van der Waals surface area contributed by atoms with E-state index < -0.39 is 5.97 Å². The third kappa shape index (κ3) is 2.30. The molecule has 1 heterocycles. The minimum atomic E-state index is -0.902. The van der Waals surface area contributed by atoms with E-state index in [0.717, 1.165) is 11.0 Å². The van der Waals surface area contributed by atoms with Gasteiger partial charge in [-0.1, -0.05) is 12.8 Å². The van der Waals surface area contributed by atoms with E-state index >= 15 is 0 Å². The van der Waals surface area contributed by atoms with Crippen LogP contribution in [0.25, 0.3) is 11.0 Å². The number of hydrogen-bond acceptors (Lipinski definition) is 3. The van der Waals surface area contributed by atoms with Crippen LogP contribution in [0, 0.1) is 0 Å². The maximum atomic E-state index is 11.0. The SMILES string of the molecule is CSC1CCCCC1n1cnc2cc(C(=O)O)ccc21. The molecule has 0 aliphatic heterocycles. The van der Waals surface area contributed by atoms with Crippen molar-refractivity contribution in [2.75, 3.05) is 6.26 Å². The summed E-state index contributed by atoms with van der Waals surface area (Å²) >= 11 is 1.93. The fourth-order valence-corrected chi connectivity index (χ4v) is 4.08. The average molecular weight is 290 g/mol. The molecule has 1 N–H and O–H groups in total. The predicted octanol–water partition coefficient (Wildman–Crippen LogP) is 3.58. The van der Waals surface area contributed by atoms with Crippen molar-refractivity contribution in [3.63, 3.8) is 0 Å². The molecule has 106 valence electrons. The normalized spacial score (nSPS) is 23.1. The first-order chi connectivity index (χ1) is 9.70. The third-order valence-electron chi connectivity index (χ3n) is 4.15. The second-order valence-corrected chi connectivity index (χ2v) is 6.36. The van der Waals surface area contributed by atoms with Gasteiger partial charge in [-0.05, 0) is 37.3 Å². The van der Waals surface area contributed by atoms with Crippen molar-refractivity contribution in [3.8, 4) is 0 Å². The minimum absolute atomic E-state index is 0.299. The highest BCUT2D eigenvalue weighted by molar-refractivity contribution is 7.99. The highest BCUT2D eigenvalue weighted by Crippen LogP contribution is 2.37. The van der Waals surface area contributed by atoms with Gasteiger partial charge in [0, 0.05) is 11.3 Å². The second kappa shape index (κ2) is 5.48. The lowest BCUT2D eigenvalue weighted by atomic mass is 9.94. The van der Waals surface area contributed by atoms with Crippen molar-refractivity contribution in [1.82, 2.24) is 9.55 Å². The summed E-state index contributed by atoms with van der Waals surface area (Å²) in [6.07, 6.45) is 9.03. The zero-order valence-corrected chi connectivity index (χ0v) is 12.3. The van der Waals surface area contributed by atoms with Gasteiger partial charge in [0.2, 0.25) is 0 Å². The summed E-state index contributed by atoms with van der Waals surface area (Å²) in [5, 5.41) is 9.67. The molecule has 2 aromatic rings. The number of nitrogens with zero attached hydrogens (tertiary/aromatic N) is 2. The first-order valence-electron chi connectivity index (χ1n) is 6.93. The van der Waals surface area contributed by atoms with E-state index in [-0.39, 0.29) is 0 Å². The van der Waals surface area contributed by atoms with Gasteiger partial charge in [0.05, 0.1) is 22.9 Å². The molecule has 0 saturated heterocycles. The number of benzene rings is 1. The molecule has 1 aromatic carbocycles. The van der Waals surface area contributed by atoms with Gasteiger partial charge in [-0.2, -0.15) is 11.8 Å². The molecular formula is C15H18N2O2S. The monoisotopic (exact) mass is 290 g/mol.